The molecule has 3 atom stereocenters. The van der Waals surface area contributed by atoms with E-state index in [4.69, 9.17) is 21.1 Å². The minimum Gasteiger partial charge on any atom is -0.485 e. The summed E-state index contributed by atoms with van der Waals surface area (Å²) < 4.78 is 11.2. The van der Waals surface area contributed by atoms with Crippen molar-refractivity contribution in [2.75, 3.05) is 13.2 Å². The number of ether oxygens (including phenoxy) is 2. The quantitative estimate of drug-likeness (QED) is 0.871. The number of alkyl halides is 1. The minimum atomic E-state index is -0.583. The summed E-state index contributed by atoms with van der Waals surface area (Å²) in [6.07, 6.45) is 2.68. The predicted molar refractivity (Wildman–Crippen MR) is 76.3 cm³/mol. The lowest BCUT2D eigenvalue weighted by Crippen LogP contribution is -2.45. The first-order valence-electron chi connectivity index (χ1n) is 7.04. The van der Waals surface area contributed by atoms with Crippen LogP contribution < -0.4 is 14.8 Å². The van der Waals surface area contributed by atoms with Gasteiger partial charge in [0.1, 0.15) is 6.61 Å². The van der Waals surface area contributed by atoms with Gasteiger partial charge in [-0.15, -0.1) is 11.6 Å². The third-order valence-corrected chi connectivity index (χ3v) is 4.48. The maximum absolute atomic E-state index is 12.1. The molecule has 0 spiro atoms. The molecule has 20 heavy (non-hydrogen) atoms. The normalized spacial score (nSPS) is 28.1. The SMILES string of the molecule is O=C(NCC1CCCC1Cl)C1COc2ccccc2O1. The molecule has 1 amide bonds. The van der Waals surface area contributed by atoms with E-state index >= 15 is 0 Å². The lowest BCUT2D eigenvalue weighted by atomic mass is 10.1. The molecule has 4 nitrogen and oxygen atoms in total. The molecule has 108 valence electrons. The van der Waals surface area contributed by atoms with Crippen LogP contribution in [-0.4, -0.2) is 30.5 Å². The van der Waals surface area contributed by atoms with Crippen molar-refractivity contribution < 1.29 is 14.3 Å². The molecule has 1 aliphatic carbocycles. The minimum absolute atomic E-state index is 0.129. The zero-order chi connectivity index (χ0) is 13.9. The van der Waals surface area contributed by atoms with Gasteiger partial charge in [-0.1, -0.05) is 18.6 Å². The number of fused-ring (bicyclic) bond motifs is 1. The lowest BCUT2D eigenvalue weighted by molar-refractivity contribution is -0.130. The first-order chi connectivity index (χ1) is 9.74. The Hall–Kier alpha value is -1.42. The van der Waals surface area contributed by atoms with Crippen LogP contribution in [0.25, 0.3) is 0 Å². The second kappa shape index (κ2) is 5.92. The molecule has 0 bridgehead atoms. The standard InChI is InChI=1S/C15H18ClNO3/c16-11-5-3-4-10(11)8-17-15(18)14-9-19-12-6-1-2-7-13(12)20-14/h1-2,6-7,10-11,14H,3-5,8-9H2,(H,17,18). The molecule has 1 N–H and O–H groups in total. The van der Waals surface area contributed by atoms with Gasteiger partial charge in [-0.25, -0.2) is 0 Å². The second-order valence-corrected chi connectivity index (χ2v) is 5.88. The molecule has 3 rings (SSSR count). The summed E-state index contributed by atoms with van der Waals surface area (Å²) in [5, 5.41) is 3.11. The molecule has 0 aromatic heterocycles. The highest BCUT2D eigenvalue weighted by atomic mass is 35.5. The van der Waals surface area contributed by atoms with Gasteiger partial charge in [0.2, 0.25) is 6.10 Å². The second-order valence-electron chi connectivity index (χ2n) is 5.32. The first kappa shape index (κ1) is 13.6. The average Bonchev–Trinajstić information content (AvgIpc) is 2.89. The van der Waals surface area contributed by atoms with Gasteiger partial charge < -0.3 is 14.8 Å². The van der Waals surface area contributed by atoms with E-state index in [1.165, 1.54) is 0 Å². The Bertz CT molecular complexity index is 494. The number of halogens is 1. The predicted octanol–water partition coefficient (Wildman–Crippen LogP) is 2.35. The Balaban J connectivity index is 1.54. The summed E-state index contributed by atoms with van der Waals surface area (Å²) in [5.41, 5.74) is 0. The van der Waals surface area contributed by atoms with E-state index in [-0.39, 0.29) is 17.9 Å². The highest BCUT2D eigenvalue weighted by Crippen LogP contribution is 2.31. The van der Waals surface area contributed by atoms with E-state index in [9.17, 15) is 4.79 Å². The van der Waals surface area contributed by atoms with E-state index in [0.717, 1.165) is 19.3 Å². The molecule has 1 saturated carbocycles. The number of benzene rings is 1. The van der Waals surface area contributed by atoms with Crippen molar-refractivity contribution in [2.24, 2.45) is 5.92 Å². The van der Waals surface area contributed by atoms with E-state index in [1.807, 2.05) is 18.2 Å². The Morgan fingerprint density at radius 2 is 2.10 bits per heavy atom. The average molecular weight is 296 g/mol. The number of rotatable bonds is 3. The molecular formula is C15H18ClNO3. The largest absolute Gasteiger partial charge is 0.485 e. The van der Waals surface area contributed by atoms with E-state index in [1.54, 1.807) is 6.07 Å². The molecule has 3 unspecified atom stereocenters. The maximum Gasteiger partial charge on any atom is 0.264 e. The van der Waals surface area contributed by atoms with Crippen molar-refractivity contribution in [3.63, 3.8) is 0 Å². The van der Waals surface area contributed by atoms with E-state index < -0.39 is 6.10 Å². The molecule has 0 radical (unpaired) electrons. The molecule has 2 aliphatic rings. The fourth-order valence-corrected chi connectivity index (χ4v) is 3.09. The van der Waals surface area contributed by atoms with Crippen molar-refractivity contribution >= 4 is 17.5 Å². The summed E-state index contributed by atoms with van der Waals surface area (Å²) >= 11 is 6.21. The van der Waals surface area contributed by atoms with Gasteiger partial charge in [0.25, 0.3) is 5.91 Å². The molecule has 1 aromatic rings. The first-order valence-corrected chi connectivity index (χ1v) is 7.48. The molecule has 5 heteroatoms. The molecule has 1 aliphatic heterocycles. The summed E-state index contributed by atoms with van der Waals surface area (Å²) in [6, 6.07) is 7.38. The van der Waals surface area contributed by atoms with Gasteiger partial charge >= 0.3 is 0 Å². The smallest absolute Gasteiger partial charge is 0.264 e. The molecule has 1 heterocycles. The Morgan fingerprint density at radius 1 is 1.30 bits per heavy atom. The highest BCUT2D eigenvalue weighted by molar-refractivity contribution is 6.21. The van der Waals surface area contributed by atoms with Crippen molar-refractivity contribution in [1.82, 2.24) is 5.32 Å². The number of carbonyl (C=O) groups is 1. The van der Waals surface area contributed by atoms with Crippen LogP contribution in [0.15, 0.2) is 24.3 Å². The number of amides is 1. The zero-order valence-electron chi connectivity index (χ0n) is 11.2. The van der Waals surface area contributed by atoms with Crippen molar-refractivity contribution in [1.29, 1.82) is 0 Å². The van der Waals surface area contributed by atoms with Gasteiger partial charge in [0, 0.05) is 11.9 Å². The van der Waals surface area contributed by atoms with Crippen LogP contribution in [0.5, 0.6) is 11.5 Å². The van der Waals surface area contributed by atoms with Gasteiger partial charge in [0.15, 0.2) is 11.5 Å². The monoisotopic (exact) mass is 295 g/mol. The van der Waals surface area contributed by atoms with Crippen LogP contribution in [0.4, 0.5) is 0 Å². The van der Waals surface area contributed by atoms with E-state index in [2.05, 4.69) is 5.32 Å². The van der Waals surface area contributed by atoms with Crippen LogP contribution in [0.3, 0.4) is 0 Å². The number of hydrogen-bond acceptors (Lipinski definition) is 3. The van der Waals surface area contributed by atoms with Crippen LogP contribution >= 0.6 is 11.6 Å². The van der Waals surface area contributed by atoms with Crippen LogP contribution in [0.1, 0.15) is 19.3 Å². The van der Waals surface area contributed by atoms with Gasteiger partial charge in [-0.3, -0.25) is 4.79 Å². The molecule has 1 fully saturated rings. The zero-order valence-corrected chi connectivity index (χ0v) is 11.9. The van der Waals surface area contributed by atoms with Crippen molar-refractivity contribution in [3.8, 4) is 11.5 Å². The number of hydrogen-bond donors (Lipinski definition) is 1. The summed E-state index contributed by atoms with van der Waals surface area (Å²) in [7, 11) is 0. The van der Waals surface area contributed by atoms with Crippen LogP contribution in [0, 0.1) is 5.92 Å². The fraction of sp³-hybridized carbons (Fsp3) is 0.533. The van der Waals surface area contributed by atoms with Crippen molar-refractivity contribution in [2.45, 2.75) is 30.7 Å². The van der Waals surface area contributed by atoms with Gasteiger partial charge in [0.05, 0.1) is 0 Å². The van der Waals surface area contributed by atoms with E-state index in [0.29, 0.717) is 24.0 Å². The number of carbonyl (C=O) groups excluding carboxylic acids is 1. The van der Waals surface area contributed by atoms with Gasteiger partial charge in [-0.05, 0) is 30.9 Å². The fourth-order valence-electron chi connectivity index (χ4n) is 2.72. The van der Waals surface area contributed by atoms with Crippen LogP contribution in [0.2, 0.25) is 0 Å². The molecular weight excluding hydrogens is 278 g/mol. The molecule has 0 saturated heterocycles. The van der Waals surface area contributed by atoms with Gasteiger partial charge in [-0.2, -0.15) is 0 Å². The third kappa shape index (κ3) is 2.85. The Labute approximate surface area is 123 Å². The summed E-state index contributed by atoms with van der Waals surface area (Å²) in [4.78, 5) is 12.1. The molecule has 1 aromatic carbocycles. The number of para-hydroxylation sites is 2. The topological polar surface area (TPSA) is 47.6 Å². The van der Waals surface area contributed by atoms with Crippen LogP contribution in [-0.2, 0) is 4.79 Å². The lowest BCUT2D eigenvalue weighted by Gasteiger charge is -2.26. The number of nitrogens with one attached hydrogen (secondary N) is 1. The summed E-state index contributed by atoms with van der Waals surface area (Å²) in [5.74, 6) is 1.55. The van der Waals surface area contributed by atoms with Crippen molar-refractivity contribution in [3.05, 3.63) is 24.3 Å². The highest BCUT2D eigenvalue weighted by Gasteiger charge is 2.30. The third-order valence-electron chi connectivity index (χ3n) is 3.91. The summed E-state index contributed by atoms with van der Waals surface area (Å²) in [6.45, 7) is 0.867. The maximum atomic E-state index is 12.1. The Morgan fingerprint density at radius 3 is 2.85 bits per heavy atom. The Kier molecular flexibility index (Phi) is 4.01.